The van der Waals surface area contributed by atoms with Gasteiger partial charge in [-0.2, -0.15) is 0 Å². The van der Waals surface area contributed by atoms with Crippen LogP contribution in [0.4, 0.5) is 0 Å². The van der Waals surface area contributed by atoms with Crippen LogP contribution in [0.5, 0.6) is 5.75 Å². The van der Waals surface area contributed by atoms with E-state index < -0.39 is 0 Å². The molecule has 3 rings (SSSR count). The van der Waals surface area contributed by atoms with E-state index in [2.05, 4.69) is 24.3 Å². The number of hydrogen-bond acceptors (Lipinski definition) is 2. The van der Waals surface area contributed by atoms with E-state index in [4.69, 9.17) is 9.15 Å². The lowest BCUT2D eigenvalue weighted by Crippen LogP contribution is -1.94. The second-order valence-corrected chi connectivity index (χ2v) is 4.49. The van der Waals surface area contributed by atoms with Crippen molar-refractivity contribution in [2.24, 2.45) is 0 Å². The number of benzene rings is 2. The van der Waals surface area contributed by atoms with Crippen LogP contribution in [-0.2, 0) is 0 Å². The predicted molar refractivity (Wildman–Crippen MR) is 80.7 cm³/mol. The molecular formula is C18H16O2. The Morgan fingerprint density at radius 3 is 2.45 bits per heavy atom. The maximum atomic E-state index is 5.69. The molecule has 0 bridgehead atoms. The van der Waals surface area contributed by atoms with Gasteiger partial charge in [0.2, 0.25) is 0 Å². The summed E-state index contributed by atoms with van der Waals surface area (Å²) in [5.74, 6) is 1.67. The van der Waals surface area contributed by atoms with E-state index in [-0.39, 0.29) is 0 Å². The maximum Gasteiger partial charge on any atom is 0.137 e. The molecule has 2 aromatic carbocycles. The minimum atomic E-state index is 0.637. The van der Waals surface area contributed by atoms with Crippen LogP contribution in [0, 0.1) is 0 Å². The van der Waals surface area contributed by atoms with E-state index >= 15 is 0 Å². The van der Waals surface area contributed by atoms with Gasteiger partial charge in [0, 0.05) is 0 Å². The fraction of sp³-hybridized carbons (Fsp3) is 0.111. The number of hydrogen-bond donors (Lipinski definition) is 0. The largest absolute Gasteiger partial charge is 0.493 e. The van der Waals surface area contributed by atoms with Crippen molar-refractivity contribution in [1.82, 2.24) is 0 Å². The molecule has 0 aliphatic rings. The lowest BCUT2D eigenvalue weighted by Gasteiger charge is -2.11. The first kappa shape index (κ1) is 12.5. The summed E-state index contributed by atoms with van der Waals surface area (Å²) in [5, 5.41) is 0. The van der Waals surface area contributed by atoms with Gasteiger partial charge >= 0.3 is 0 Å². The Hall–Kier alpha value is -2.48. The van der Waals surface area contributed by atoms with Crippen LogP contribution in [0.1, 0.15) is 6.92 Å². The molecule has 3 aromatic rings. The molecule has 0 aliphatic heterocycles. The second-order valence-electron chi connectivity index (χ2n) is 4.49. The highest BCUT2D eigenvalue weighted by Crippen LogP contribution is 2.34. The van der Waals surface area contributed by atoms with Crippen LogP contribution in [0.2, 0.25) is 0 Å². The molecule has 0 unspecified atom stereocenters. The molecule has 2 nitrogen and oxygen atoms in total. The Bertz CT molecular complexity index is 670. The van der Waals surface area contributed by atoms with Gasteiger partial charge in [-0.25, -0.2) is 0 Å². The lowest BCUT2D eigenvalue weighted by molar-refractivity contribution is 0.341. The van der Waals surface area contributed by atoms with Crippen molar-refractivity contribution in [3.8, 4) is 28.2 Å². The third-order valence-corrected chi connectivity index (χ3v) is 3.17. The average Bonchev–Trinajstić information content (AvgIpc) is 3.03. The molecule has 0 amide bonds. The minimum absolute atomic E-state index is 0.637. The van der Waals surface area contributed by atoms with Crippen LogP contribution in [0.25, 0.3) is 22.5 Å². The Balaban J connectivity index is 2.10. The Kier molecular flexibility index (Phi) is 3.55. The maximum absolute atomic E-state index is 5.69. The van der Waals surface area contributed by atoms with Crippen LogP contribution in [0.3, 0.4) is 0 Å². The zero-order valence-electron chi connectivity index (χ0n) is 11.4. The molecule has 1 heterocycles. The summed E-state index contributed by atoms with van der Waals surface area (Å²) in [4.78, 5) is 0. The Labute approximate surface area is 118 Å². The molecule has 0 saturated carbocycles. The van der Waals surface area contributed by atoms with Crippen molar-refractivity contribution < 1.29 is 9.15 Å². The molecule has 1 aromatic heterocycles. The van der Waals surface area contributed by atoms with Gasteiger partial charge in [-0.15, -0.1) is 0 Å². The van der Waals surface area contributed by atoms with Gasteiger partial charge in [0.25, 0.3) is 0 Å². The third kappa shape index (κ3) is 2.45. The first-order valence-electron chi connectivity index (χ1n) is 6.74. The normalized spacial score (nSPS) is 10.4. The topological polar surface area (TPSA) is 22.4 Å². The number of furan rings is 1. The zero-order chi connectivity index (χ0) is 13.8. The molecule has 20 heavy (non-hydrogen) atoms. The summed E-state index contributed by atoms with van der Waals surface area (Å²) in [7, 11) is 0. The van der Waals surface area contributed by atoms with Gasteiger partial charge in [-0.3, -0.25) is 0 Å². The van der Waals surface area contributed by atoms with E-state index in [1.54, 1.807) is 6.26 Å². The standard InChI is InChI=1S/C18H16O2/c1-2-19-18-11-10-15(14-7-4-3-5-8-14)13-16(18)17-9-6-12-20-17/h3-13H,2H2,1H3. The van der Waals surface area contributed by atoms with Gasteiger partial charge < -0.3 is 9.15 Å². The predicted octanol–water partition coefficient (Wildman–Crippen LogP) is 5.01. The molecule has 100 valence electrons. The fourth-order valence-corrected chi connectivity index (χ4v) is 2.25. The molecule has 2 heteroatoms. The SMILES string of the molecule is CCOc1ccc(-c2ccccc2)cc1-c1ccco1. The van der Waals surface area contributed by atoms with Crippen LogP contribution in [0.15, 0.2) is 71.3 Å². The molecule has 0 spiro atoms. The second kappa shape index (κ2) is 5.66. The van der Waals surface area contributed by atoms with Crippen LogP contribution in [-0.4, -0.2) is 6.61 Å². The summed E-state index contributed by atoms with van der Waals surface area (Å²) in [6, 6.07) is 20.3. The smallest absolute Gasteiger partial charge is 0.137 e. The van der Waals surface area contributed by atoms with E-state index in [1.807, 2.05) is 43.3 Å². The van der Waals surface area contributed by atoms with Crippen molar-refractivity contribution in [3.05, 3.63) is 66.9 Å². The third-order valence-electron chi connectivity index (χ3n) is 3.17. The Morgan fingerprint density at radius 2 is 1.75 bits per heavy atom. The quantitative estimate of drug-likeness (QED) is 0.660. The van der Waals surface area contributed by atoms with Crippen LogP contribution >= 0.6 is 0 Å². The van der Waals surface area contributed by atoms with Gasteiger partial charge in [0.1, 0.15) is 11.5 Å². The van der Waals surface area contributed by atoms with E-state index in [1.165, 1.54) is 5.56 Å². The summed E-state index contributed by atoms with van der Waals surface area (Å²) in [6.07, 6.45) is 1.68. The average molecular weight is 264 g/mol. The van der Waals surface area contributed by atoms with E-state index in [9.17, 15) is 0 Å². The Morgan fingerprint density at radius 1 is 0.900 bits per heavy atom. The van der Waals surface area contributed by atoms with Crippen LogP contribution < -0.4 is 4.74 Å². The molecule has 0 aliphatic carbocycles. The highest BCUT2D eigenvalue weighted by molar-refractivity contribution is 5.75. The van der Waals surface area contributed by atoms with Crippen molar-refractivity contribution in [2.45, 2.75) is 6.92 Å². The monoisotopic (exact) mass is 264 g/mol. The van der Waals surface area contributed by atoms with Gasteiger partial charge in [-0.05, 0) is 42.3 Å². The molecule has 0 atom stereocenters. The van der Waals surface area contributed by atoms with E-state index in [0.717, 1.165) is 22.6 Å². The number of rotatable bonds is 4. The summed E-state index contributed by atoms with van der Waals surface area (Å²) < 4.78 is 11.2. The van der Waals surface area contributed by atoms with Crippen molar-refractivity contribution in [2.75, 3.05) is 6.61 Å². The van der Waals surface area contributed by atoms with Crippen molar-refractivity contribution in [3.63, 3.8) is 0 Å². The highest BCUT2D eigenvalue weighted by Gasteiger charge is 2.10. The molecular weight excluding hydrogens is 248 g/mol. The van der Waals surface area contributed by atoms with Gasteiger partial charge in [-0.1, -0.05) is 36.4 Å². The molecule has 0 fully saturated rings. The summed E-state index contributed by atoms with van der Waals surface area (Å²) >= 11 is 0. The van der Waals surface area contributed by atoms with Gasteiger partial charge in [0.15, 0.2) is 0 Å². The summed E-state index contributed by atoms with van der Waals surface area (Å²) in [6.45, 7) is 2.62. The van der Waals surface area contributed by atoms with E-state index in [0.29, 0.717) is 6.61 Å². The number of ether oxygens (including phenoxy) is 1. The fourth-order valence-electron chi connectivity index (χ4n) is 2.25. The molecule has 0 saturated heterocycles. The highest BCUT2D eigenvalue weighted by atomic mass is 16.5. The van der Waals surface area contributed by atoms with Crippen molar-refractivity contribution >= 4 is 0 Å². The molecule has 0 N–H and O–H groups in total. The first-order chi connectivity index (χ1) is 9.88. The lowest BCUT2D eigenvalue weighted by atomic mass is 10.0. The first-order valence-corrected chi connectivity index (χ1v) is 6.74. The summed E-state index contributed by atoms with van der Waals surface area (Å²) in [5.41, 5.74) is 3.32. The molecule has 0 radical (unpaired) electrons. The van der Waals surface area contributed by atoms with Gasteiger partial charge in [0.05, 0.1) is 18.4 Å². The minimum Gasteiger partial charge on any atom is -0.493 e. The zero-order valence-corrected chi connectivity index (χ0v) is 11.4. The van der Waals surface area contributed by atoms with Crippen molar-refractivity contribution in [1.29, 1.82) is 0 Å².